The highest BCUT2D eigenvalue weighted by Crippen LogP contribution is 2.28. The van der Waals surface area contributed by atoms with Crippen LogP contribution >= 0.6 is 0 Å². The summed E-state index contributed by atoms with van der Waals surface area (Å²) in [7, 11) is 1.51. The molecular weight excluding hydrogens is 272 g/mol. The number of hydrogen-bond donors (Lipinski definition) is 2. The minimum absolute atomic E-state index is 0.121. The smallest absolute Gasteiger partial charge is 0.307 e. The van der Waals surface area contributed by atoms with Crippen LogP contribution in [0.5, 0.6) is 5.75 Å². The van der Waals surface area contributed by atoms with Gasteiger partial charge < -0.3 is 14.9 Å². The molecule has 0 aromatic heterocycles. The van der Waals surface area contributed by atoms with Crippen LogP contribution in [-0.4, -0.2) is 29.3 Å². The second-order valence-corrected chi connectivity index (χ2v) is 4.85. The maximum Gasteiger partial charge on any atom is 0.307 e. The van der Waals surface area contributed by atoms with Crippen LogP contribution in [0, 0.1) is 5.92 Å². The highest BCUT2D eigenvalue weighted by molar-refractivity contribution is 5.85. The maximum absolute atomic E-state index is 11.2. The number of carboxylic acids is 2. The number of carboxylic acid groups (broad SMARTS) is 2. The molecule has 0 heterocycles. The molecule has 0 aliphatic heterocycles. The van der Waals surface area contributed by atoms with Crippen LogP contribution in [0.25, 0.3) is 10.8 Å². The minimum atomic E-state index is -1.12. The molecule has 2 rings (SSSR count). The summed E-state index contributed by atoms with van der Waals surface area (Å²) in [4.78, 5) is 22.0. The molecule has 5 heteroatoms. The molecule has 0 aliphatic rings. The van der Waals surface area contributed by atoms with E-state index >= 15 is 0 Å². The number of carbonyl (C=O) groups is 2. The topological polar surface area (TPSA) is 83.8 Å². The van der Waals surface area contributed by atoms with Gasteiger partial charge in [0.05, 0.1) is 19.4 Å². The van der Waals surface area contributed by atoms with Gasteiger partial charge in [0.2, 0.25) is 0 Å². The van der Waals surface area contributed by atoms with Gasteiger partial charge >= 0.3 is 11.9 Å². The first-order chi connectivity index (χ1) is 10.0. The van der Waals surface area contributed by atoms with Gasteiger partial charge in [0, 0.05) is 0 Å². The SMILES string of the molecule is COc1cc2ccccc2cc1C[C@@H](CC(=O)O)C(=O)O. The van der Waals surface area contributed by atoms with E-state index < -0.39 is 24.3 Å². The van der Waals surface area contributed by atoms with E-state index in [9.17, 15) is 9.59 Å². The molecule has 0 bridgehead atoms. The Morgan fingerprint density at radius 3 is 2.29 bits per heavy atom. The molecule has 2 N–H and O–H groups in total. The predicted octanol–water partition coefficient (Wildman–Crippen LogP) is 2.57. The van der Waals surface area contributed by atoms with Crippen LogP contribution in [0.15, 0.2) is 36.4 Å². The Kier molecular flexibility index (Phi) is 4.42. The lowest BCUT2D eigenvalue weighted by molar-refractivity contribution is -0.148. The molecule has 0 saturated carbocycles. The van der Waals surface area contributed by atoms with Crippen LogP contribution in [0.2, 0.25) is 0 Å². The number of hydrogen-bond acceptors (Lipinski definition) is 3. The molecular formula is C16H16O5. The van der Waals surface area contributed by atoms with Crippen molar-refractivity contribution in [1.82, 2.24) is 0 Å². The van der Waals surface area contributed by atoms with Crippen molar-refractivity contribution >= 4 is 22.7 Å². The van der Waals surface area contributed by atoms with Crippen LogP contribution < -0.4 is 4.74 Å². The summed E-state index contributed by atoms with van der Waals surface area (Å²) in [5, 5.41) is 19.9. The number of methoxy groups -OCH3 is 1. The van der Waals surface area contributed by atoms with Gasteiger partial charge in [0.15, 0.2) is 0 Å². The molecule has 0 fully saturated rings. The summed E-state index contributed by atoms with van der Waals surface area (Å²) in [5.74, 6) is -2.64. The van der Waals surface area contributed by atoms with E-state index in [0.29, 0.717) is 11.3 Å². The van der Waals surface area contributed by atoms with Gasteiger partial charge in [0.25, 0.3) is 0 Å². The Morgan fingerprint density at radius 2 is 1.76 bits per heavy atom. The molecule has 2 aromatic carbocycles. The summed E-state index contributed by atoms with van der Waals surface area (Å²) >= 11 is 0. The summed E-state index contributed by atoms with van der Waals surface area (Å²) in [6.45, 7) is 0. The Morgan fingerprint density at radius 1 is 1.14 bits per heavy atom. The van der Waals surface area contributed by atoms with Crippen LogP contribution in [0.4, 0.5) is 0 Å². The maximum atomic E-state index is 11.2. The monoisotopic (exact) mass is 288 g/mol. The number of fused-ring (bicyclic) bond motifs is 1. The molecule has 1 atom stereocenters. The van der Waals surface area contributed by atoms with Gasteiger partial charge in [-0.2, -0.15) is 0 Å². The van der Waals surface area contributed by atoms with E-state index in [-0.39, 0.29) is 6.42 Å². The zero-order valence-corrected chi connectivity index (χ0v) is 11.6. The van der Waals surface area contributed by atoms with Crippen molar-refractivity contribution in [1.29, 1.82) is 0 Å². The average Bonchev–Trinajstić information content (AvgIpc) is 2.45. The molecule has 0 saturated heterocycles. The van der Waals surface area contributed by atoms with Crippen molar-refractivity contribution in [2.24, 2.45) is 5.92 Å². The van der Waals surface area contributed by atoms with E-state index in [1.54, 1.807) is 0 Å². The van der Waals surface area contributed by atoms with Gasteiger partial charge in [-0.3, -0.25) is 9.59 Å². The second kappa shape index (κ2) is 6.26. The molecule has 5 nitrogen and oxygen atoms in total. The van der Waals surface area contributed by atoms with Crippen molar-refractivity contribution in [3.8, 4) is 5.75 Å². The Bertz CT molecular complexity index is 677. The zero-order valence-electron chi connectivity index (χ0n) is 11.6. The lowest BCUT2D eigenvalue weighted by Gasteiger charge is -2.14. The minimum Gasteiger partial charge on any atom is -0.496 e. The van der Waals surface area contributed by atoms with Crippen LogP contribution in [0.3, 0.4) is 0 Å². The fraction of sp³-hybridized carbons (Fsp3) is 0.250. The van der Waals surface area contributed by atoms with E-state index in [0.717, 1.165) is 10.8 Å². The first-order valence-electron chi connectivity index (χ1n) is 6.51. The molecule has 0 aliphatic carbocycles. The van der Waals surface area contributed by atoms with Gasteiger partial charge in [-0.05, 0) is 34.9 Å². The molecule has 2 aromatic rings. The zero-order chi connectivity index (χ0) is 15.4. The largest absolute Gasteiger partial charge is 0.496 e. The highest BCUT2D eigenvalue weighted by atomic mass is 16.5. The number of benzene rings is 2. The van der Waals surface area contributed by atoms with Crippen LogP contribution in [0.1, 0.15) is 12.0 Å². The number of aliphatic carboxylic acids is 2. The van der Waals surface area contributed by atoms with Gasteiger partial charge in [-0.25, -0.2) is 0 Å². The fourth-order valence-electron chi connectivity index (χ4n) is 2.34. The fourth-order valence-corrected chi connectivity index (χ4v) is 2.34. The Hall–Kier alpha value is -2.56. The van der Waals surface area contributed by atoms with Gasteiger partial charge in [-0.15, -0.1) is 0 Å². The second-order valence-electron chi connectivity index (χ2n) is 4.85. The standard InChI is InChI=1S/C16H16O5/c1-21-14-8-11-5-3-2-4-10(11)6-12(14)7-13(16(19)20)9-15(17)18/h2-6,8,13H,7,9H2,1H3,(H,17,18)(H,19,20)/t13-/m0/s1. The molecule has 0 spiro atoms. The van der Waals surface area contributed by atoms with E-state index in [4.69, 9.17) is 14.9 Å². The lowest BCUT2D eigenvalue weighted by atomic mass is 9.94. The van der Waals surface area contributed by atoms with E-state index in [1.165, 1.54) is 7.11 Å². The molecule has 0 radical (unpaired) electrons. The number of ether oxygens (including phenoxy) is 1. The third-order valence-electron chi connectivity index (χ3n) is 3.39. The van der Waals surface area contributed by atoms with Crippen LogP contribution in [-0.2, 0) is 16.0 Å². The van der Waals surface area contributed by atoms with E-state index in [1.807, 2.05) is 36.4 Å². The Labute approximate surface area is 121 Å². The quantitative estimate of drug-likeness (QED) is 0.853. The molecule has 0 amide bonds. The van der Waals surface area contributed by atoms with E-state index in [2.05, 4.69) is 0 Å². The van der Waals surface area contributed by atoms with Gasteiger partial charge in [-0.1, -0.05) is 24.3 Å². The lowest BCUT2D eigenvalue weighted by Crippen LogP contribution is -2.20. The molecule has 21 heavy (non-hydrogen) atoms. The summed E-state index contributed by atoms with van der Waals surface area (Å²) in [5.41, 5.74) is 0.699. The first-order valence-corrected chi connectivity index (χ1v) is 6.51. The normalized spacial score (nSPS) is 12.0. The highest BCUT2D eigenvalue weighted by Gasteiger charge is 2.23. The van der Waals surface area contributed by atoms with Crippen molar-refractivity contribution in [2.45, 2.75) is 12.8 Å². The number of rotatable bonds is 6. The average molecular weight is 288 g/mol. The Balaban J connectivity index is 2.39. The third kappa shape index (κ3) is 3.51. The molecule has 110 valence electrons. The predicted molar refractivity (Wildman–Crippen MR) is 77.6 cm³/mol. The summed E-state index contributed by atoms with van der Waals surface area (Å²) in [6.07, 6.45) is -0.291. The third-order valence-corrected chi connectivity index (χ3v) is 3.39. The molecule has 0 unspecified atom stereocenters. The van der Waals surface area contributed by atoms with Crippen molar-refractivity contribution in [3.05, 3.63) is 42.0 Å². The summed E-state index contributed by atoms with van der Waals surface area (Å²) < 4.78 is 5.30. The van der Waals surface area contributed by atoms with Crippen molar-refractivity contribution in [3.63, 3.8) is 0 Å². The summed E-state index contributed by atoms with van der Waals surface area (Å²) in [6, 6.07) is 11.4. The van der Waals surface area contributed by atoms with Crippen molar-refractivity contribution in [2.75, 3.05) is 7.11 Å². The first kappa shape index (κ1) is 14.8. The van der Waals surface area contributed by atoms with Crippen molar-refractivity contribution < 1.29 is 24.5 Å². The van der Waals surface area contributed by atoms with Gasteiger partial charge in [0.1, 0.15) is 5.75 Å².